The topological polar surface area (TPSA) is 29.5 Å². The van der Waals surface area contributed by atoms with Crippen LogP contribution < -0.4 is 0 Å². The molecule has 2 fully saturated rings. The van der Waals surface area contributed by atoms with Gasteiger partial charge in [-0.15, -0.1) is 0 Å². The van der Waals surface area contributed by atoms with Crippen LogP contribution in [0.25, 0.3) is 0 Å². The lowest BCUT2D eigenvalue weighted by atomic mass is 9.81. The minimum atomic E-state index is -0.838. The van der Waals surface area contributed by atoms with E-state index in [9.17, 15) is 5.11 Å². The average Bonchev–Trinajstić information content (AvgIpc) is 2.40. The highest BCUT2D eigenvalue weighted by atomic mass is 16.6. The maximum atomic E-state index is 10.4. The Hall–Kier alpha value is -0.860. The van der Waals surface area contributed by atoms with Crippen LogP contribution in [0.15, 0.2) is 24.3 Å². The molecule has 84 valence electrons. The molecule has 0 amide bonds. The smallest absolute Gasteiger partial charge is 0.166 e. The molecule has 1 N–H and O–H groups in total. The molecule has 2 heterocycles. The van der Waals surface area contributed by atoms with Crippen LogP contribution in [0.1, 0.15) is 48.6 Å². The van der Waals surface area contributed by atoms with Crippen LogP contribution in [0.2, 0.25) is 0 Å². The molecule has 4 aliphatic rings. The van der Waals surface area contributed by atoms with Crippen molar-refractivity contribution in [3.8, 4) is 0 Å². The Balaban J connectivity index is 1.92. The molecule has 2 aliphatic carbocycles. The molecular weight excluding hydrogens is 200 g/mol. The van der Waals surface area contributed by atoms with Crippen molar-refractivity contribution in [3.05, 3.63) is 35.4 Å². The largest absolute Gasteiger partial charge is 0.365 e. The second kappa shape index (κ2) is 2.88. The maximum Gasteiger partial charge on any atom is 0.166 e. The first-order valence-electron chi connectivity index (χ1n) is 6.22. The van der Waals surface area contributed by atoms with Crippen molar-refractivity contribution in [2.24, 2.45) is 0 Å². The zero-order valence-corrected chi connectivity index (χ0v) is 9.23. The van der Waals surface area contributed by atoms with Crippen molar-refractivity contribution < 1.29 is 9.84 Å². The molecule has 0 radical (unpaired) electrons. The standard InChI is InChI=1S/C14H16O2/c15-14-7-9-5-11(16-14)6-10(8-14)13-4-2-1-3-12(9)13/h1-4,9-11,15H,5-8H2. The molecule has 0 aromatic heterocycles. The van der Waals surface area contributed by atoms with Crippen molar-refractivity contribution >= 4 is 0 Å². The Morgan fingerprint density at radius 1 is 1.06 bits per heavy atom. The normalized spacial score (nSPS) is 44.2. The molecule has 2 aliphatic heterocycles. The van der Waals surface area contributed by atoms with Crippen molar-refractivity contribution in [1.29, 1.82) is 0 Å². The van der Waals surface area contributed by atoms with Crippen LogP contribution in [0.4, 0.5) is 0 Å². The quantitative estimate of drug-likeness (QED) is 0.722. The average molecular weight is 216 g/mol. The summed E-state index contributed by atoms with van der Waals surface area (Å²) in [5.41, 5.74) is 2.93. The van der Waals surface area contributed by atoms with Crippen LogP contribution in [0, 0.1) is 0 Å². The van der Waals surface area contributed by atoms with Gasteiger partial charge < -0.3 is 9.84 Å². The first-order valence-corrected chi connectivity index (χ1v) is 6.22. The van der Waals surface area contributed by atoms with E-state index in [4.69, 9.17) is 4.74 Å². The number of hydrogen-bond acceptors (Lipinski definition) is 2. The van der Waals surface area contributed by atoms with E-state index in [1.54, 1.807) is 0 Å². The molecule has 4 bridgehead atoms. The van der Waals surface area contributed by atoms with Crippen molar-refractivity contribution in [2.45, 2.75) is 49.4 Å². The predicted molar refractivity (Wildman–Crippen MR) is 60.2 cm³/mol. The van der Waals surface area contributed by atoms with Crippen LogP contribution in [-0.2, 0) is 4.74 Å². The first-order chi connectivity index (χ1) is 7.73. The number of hydrogen-bond donors (Lipinski definition) is 1. The summed E-state index contributed by atoms with van der Waals surface area (Å²) in [5, 5.41) is 10.4. The third-order valence-electron chi connectivity index (χ3n) is 4.49. The zero-order valence-electron chi connectivity index (χ0n) is 9.23. The SMILES string of the molecule is OC12CC3CC(CC(C1)c1ccccc13)O2. The Morgan fingerprint density at radius 2 is 1.62 bits per heavy atom. The Labute approximate surface area is 95.2 Å². The minimum absolute atomic E-state index is 0.273. The van der Waals surface area contributed by atoms with Crippen molar-refractivity contribution in [2.75, 3.05) is 0 Å². The zero-order chi connectivity index (χ0) is 10.8. The van der Waals surface area contributed by atoms with E-state index in [2.05, 4.69) is 24.3 Å². The van der Waals surface area contributed by atoms with Crippen molar-refractivity contribution in [1.82, 2.24) is 0 Å². The lowest BCUT2D eigenvalue weighted by molar-refractivity contribution is -0.280. The molecule has 2 saturated heterocycles. The van der Waals surface area contributed by atoms with Gasteiger partial charge in [0, 0.05) is 12.8 Å². The number of ether oxygens (including phenoxy) is 1. The predicted octanol–water partition coefficient (Wildman–Crippen LogP) is 2.53. The summed E-state index contributed by atoms with van der Waals surface area (Å²) in [6, 6.07) is 8.73. The van der Waals surface area contributed by atoms with Gasteiger partial charge in [-0.05, 0) is 35.8 Å². The summed E-state index contributed by atoms with van der Waals surface area (Å²) < 4.78 is 5.78. The molecule has 1 aromatic carbocycles. The number of rotatable bonds is 0. The van der Waals surface area contributed by atoms with Gasteiger partial charge in [0.1, 0.15) is 0 Å². The molecule has 2 heteroatoms. The van der Waals surface area contributed by atoms with Gasteiger partial charge in [-0.25, -0.2) is 0 Å². The summed E-state index contributed by atoms with van der Waals surface area (Å²) in [4.78, 5) is 0. The number of benzene rings is 1. The third kappa shape index (κ3) is 1.14. The van der Waals surface area contributed by atoms with E-state index in [0.29, 0.717) is 11.8 Å². The van der Waals surface area contributed by atoms with Crippen LogP contribution in [-0.4, -0.2) is 17.0 Å². The lowest BCUT2D eigenvalue weighted by Crippen LogP contribution is -2.47. The van der Waals surface area contributed by atoms with E-state index in [1.165, 1.54) is 11.1 Å². The van der Waals surface area contributed by atoms with E-state index in [-0.39, 0.29) is 6.10 Å². The van der Waals surface area contributed by atoms with E-state index >= 15 is 0 Å². The Kier molecular flexibility index (Phi) is 1.65. The first kappa shape index (κ1) is 9.20. The minimum Gasteiger partial charge on any atom is -0.365 e. The van der Waals surface area contributed by atoms with Gasteiger partial charge in [0.05, 0.1) is 6.10 Å². The Morgan fingerprint density at radius 3 is 2.12 bits per heavy atom. The molecule has 0 saturated carbocycles. The lowest BCUT2D eigenvalue weighted by Gasteiger charge is -2.44. The molecule has 2 atom stereocenters. The molecule has 5 rings (SSSR count). The summed E-state index contributed by atoms with van der Waals surface area (Å²) in [5.74, 6) is 0.176. The molecule has 16 heavy (non-hydrogen) atoms. The van der Waals surface area contributed by atoms with Gasteiger partial charge in [-0.1, -0.05) is 24.3 Å². The summed E-state index contributed by atoms with van der Waals surface area (Å²) in [6.45, 7) is 0. The van der Waals surface area contributed by atoms with Gasteiger partial charge in [0.15, 0.2) is 5.79 Å². The van der Waals surface area contributed by atoms with Crippen LogP contribution in [0.3, 0.4) is 0 Å². The summed E-state index contributed by atoms with van der Waals surface area (Å²) >= 11 is 0. The molecule has 0 spiro atoms. The van der Waals surface area contributed by atoms with Gasteiger partial charge in [0.25, 0.3) is 0 Å². The fourth-order valence-electron chi connectivity index (χ4n) is 3.98. The number of aliphatic hydroxyl groups is 1. The van der Waals surface area contributed by atoms with Gasteiger partial charge in [-0.2, -0.15) is 0 Å². The van der Waals surface area contributed by atoms with Crippen molar-refractivity contribution in [3.63, 3.8) is 0 Å². The monoisotopic (exact) mass is 216 g/mol. The summed E-state index contributed by atoms with van der Waals surface area (Å²) in [7, 11) is 0. The van der Waals surface area contributed by atoms with Crippen LogP contribution >= 0.6 is 0 Å². The third-order valence-corrected chi connectivity index (χ3v) is 4.49. The molecule has 2 nitrogen and oxygen atoms in total. The molecule has 2 unspecified atom stereocenters. The highest BCUT2D eigenvalue weighted by molar-refractivity contribution is 5.37. The molecule has 1 aromatic rings. The second-order valence-corrected chi connectivity index (χ2v) is 5.59. The fourth-order valence-corrected chi connectivity index (χ4v) is 3.98. The fraction of sp³-hybridized carbons (Fsp3) is 0.571. The van der Waals surface area contributed by atoms with Crippen LogP contribution in [0.5, 0.6) is 0 Å². The van der Waals surface area contributed by atoms with Gasteiger partial charge >= 0.3 is 0 Å². The highest BCUT2D eigenvalue weighted by Gasteiger charge is 2.50. The van der Waals surface area contributed by atoms with Gasteiger partial charge in [-0.3, -0.25) is 0 Å². The maximum absolute atomic E-state index is 10.4. The highest BCUT2D eigenvalue weighted by Crippen LogP contribution is 2.54. The van der Waals surface area contributed by atoms with E-state index < -0.39 is 5.79 Å². The second-order valence-electron chi connectivity index (χ2n) is 5.59. The molecular formula is C14H16O2. The summed E-state index contributed by atoms with van der Waals surface area (Å²) in [6.07, 6.45) is 4.04. The Bertz CT molecular complexity index is 405. The van der Waals surface area contributed by atoms with E-state index in [1.807, 2.05) is 0 Å². The van der Waals surface area contributed by atoms with E-state index in [0.717, 1.165) is 25.7 Å². The van der Waals surface area contributed by atoms with Gasteiger partial charge in [0.2, 0.25) is 0 Å².